The standard InChI is InChI=1S/C17H12N2OS/c1-19-13-7-6-10(17(18)20)8-11(13)9-15-16(19)12-4-2-3-5-14(12)21-15/h2-9H,1H3,(H-,18,20)/p+1. The van der Waals surface area contributed by atoms with Crippen molar-refractivity contribution >= 4 is 48.4 Å². The van der Waals surface area contributed by atoms with Crippen LogP contribution in [-0.2, 0) is 7.05 Å². The van der Waals surface area contributed by atoms with Crippen LogP contribution < -0.4 is 10.3 Å². The molecule has 0 saturated carbocycles. The van der Waals surface area contributed by atoms with Gasteiger partial charge in [-0.15, -0.1) is 11.3 Å². The fraction of sp³-hybridized carbons (Fsp3) is 0.0588. The molecule has 0 saturated heterocycles. The van der Waals surface area contributed by atoms with Crippen LogP contribution in [0, 0.1) is 0 Å². The van der Waals surface area contributed by atoms with Gasteiger partial charge in [-0.05, 0) is 30.3 Å². The van der Waals surface area contributed by atoms with E-state index in [0.717, 1.165) is 10.9 Å². The SMILES string of the molecule is C[n+]1c2ccc(C(N)=O)cc2cc2sc3ccccc3c21. The normalized spacial score (nSPS) is 11.5. The van der Waals surface area contributed by atoms with Crippen molar-refractivity contribution in [2.24, 2.45) is 12.8 Å². The van der Waals surface area contributed by atoms with Gasteiger partial charge in [0.1, 0.15) is 11.7 Å². The highest BCUT2D eigenvalue weighted by atomic mass is 32.1. The second-order valence-corrected chi connectivity index (χ2v) is 6.24. The van der Waals surface area contributed by atoms with E-state index in [1.54, 1.807) is 17.4 Å². The molecule has 0 fully saturated rings. The number of carbonyl (C=O) groups excluding carboxylic acids is 1. The molecule has 2 aromatic carbocycles. The third-order valence-corrected chi connectivity index (χ3v) is 5.00. The van der Waals surface area contributed by atoms with Crippen LogP contribution in [-0.4, -0.2) is 5.91 Å². The molecule has 0 aliphatic heterocycles. The summed E-state index contributed by atoms with van der Waals surface area (Å²) in [6.07, 6.45) is 0. The van der Waals surface area contributed by atoms with Crippen LogP contribution in [0.3, 0.4) is 0 Å². The lowest BCUT2D eigenvalue weighted by Gasteiger charge is -2.01. The van der Waals surface area contributed by atoms with E-state index in [4.69, 9.17) is 5.73 Å². The molecule has 0 unspecified atom stereocenters. The quantitative estimate of drug-likeness (QED) is 0.538. The smallest absolute Gasteiger partial charge is 0.248 e. The van der Waals surface area contributed by atoms with E-state index < -0.39 is 5.91 Å². The first-order valence-corrected chi connectivity index (χ1v) is 7.50. The summed E-state index contributed by atoms with van der Waals surface area (Å²) in [4.78, 5) is 11.4. The fourth-order valence-corrected chi connectivity index (χ4v) is 4.07. The summed E-state index contributed by atoms with van der Waals surface area (Å²) in [6.45, 7) is 0. The summed E-state index contributed by atoms with van der Waals surface area (Å²) in [7, 11) is 2.06. The number of rotatable bonds is 1. The molecule has 1 amide bonds. The molecule has 2 aromatic heterocycles. The molecule has 0 bridgehead atoms. The van der Waals surface area contributed by atoms with Crippen LogP contribution >= 0.6 is 11.3 Å². The average molecular weight is 293 g/mol. The van der Waals surface area contributed by atoms with Gasteiger partial charge in [0.05, 0.1) is 5.39 Å². The van der Waals surface area contributed by atoms with Crippen molar-refractivity contribution in [1.82, 2.24) is 0 Å². The van der Waals surface area contributed by atoms with Crippen LogP contribution in [0.25, 0.3) is 31.2 Å². The second-order valence-electron chi connectivity index (χ2n) is 5.15. The Labute approximate surface area is 125 Å². The molecule has 0 spiro atoms. The molecular formula is C17H13N2OS+. The van der Waals surface area contributed by atoms with Gasteiger partial charge in [-0.2, -0.15) is 4.57 Å². The molecule has 2 heterocycles. The number of pyridine rings is 1. The number of hydrogen-bond donors (Lipinski definition) is 1. The van der Waals surface area contributed by atoms with E-state index in [2.05, 4.69) is 41.9 Å². The van der Waals surface area contributed by atoms with E-state index >= 15 is 0 Å². The molecule has 102 valence electrons. The highest BCUT2D eigenvalue weighted by molar-refractivity contribution is 7.25. The number of amides is 1. The van der Waals surface area contributed by atoms with Gasteiger partial charge < -0.3 is 5.73 Å². The zero-order valence-corrected chi connectivity index (χ0v) is 12.3. The Kier molecular flexibility index (Phi) is 2.50. The number of primary amides is 1. The Morgan fingerprint density at radius 1 is 1.10 bits per heavy atom. The van der Waals surface area contributed by atoms with Crippen molar-refractivity contribution in [2.45, 2.75) is 0 Å². The topological polar surface area (TPSA) is 47.0 Å². The Bertz CT molecular complexity index is 1030. The van der Waals surface area contributed by atoms with E-state index in [1.807, 2.05) is 12.1 Å². The number of carbonyl (C=O) groups is 1. The highest BCUT2D eigenvalue weighted by Crippen LogP contribution is 2.33. The molecule has 4 heteroatoms. The molecule has 0 aliphatic carbocycles. The summed E-state index contributed by atoms with van der Waals surface area (Å²) in [6, 6.07) is 16.2. The van der Waals surface area contributed by atoms with E-state index in [-0.39, 0.29) is 0 Å². The van der Waals surface area contributed by atoms with E-state index in [9.17, 15) is 4.79 Å². The second kappa shape index (κ2) is 4.27. The van der Waals surface area contributed by atoms with Gasteiger partial charge in [0.25, 0.3) is 0 Å². The molecular weight excluding hydrogens is 280 g/mol. The molecule has 21 heavy (non-hydrogen) atoms. The molecule has 0 radical (unpaired) electrons. The minimum atomic E-state index is -0.393. The molecule has 0 atom stereocenters. The summed E-state index contributed by atoms with van der Waals surface area (Å²) in [5.41, 5.74) is 8.24. The Hall–Kier alpha value is -2.46. The Balaban J connectivity index is 2.19. The predicted molar refractivity (Wildman–Crippen MR) is 86.5 cm³/mol. The van der Waals surface area contributed by atoms with Gasteiger partial charge in [-0.25, -0.2) is 0 Å². The molecule has 3 nitrogen and oxygen atoms in total. The van der Waals surface area contributed by atoms with Crippen LogP contribution in [0.5, 0.6) is 0 Å². The minimum Gasteiger partial charge on any atom is -0.366 e. The molecule has 4 aromatic rings. The maximum absolute atomic E-state index is 11.4. The lowest BCUT2D eigenvalue weighted by Crippen LogP contribution is -2.29. The van der Waals surface area contributed by atoms with Crippen molar-refractivity contribution in [3.05, 3.63) is 54.1 Å². The first-order chi connectivity index (χ1) is 10.1. The molecule has 2 N–H and O–H groups in total. The molecule has 4 rings (SSSR count). The van der Waals surface area contributed by atoms with Gasteiger partial charge in [0.2, 0.25) is 16.9 Å². The zero-order chi connectivity index (χ0) is 14.6. The largest absolute Gasteiger partial charge is 0.366 e. The van der Waals surface area contributed by atoms with E-state index in [0.29, 0.717) is 5.56 Å². The Morgan fingerprint density at radius 2 is 1.90 bits per heavy atom. The number of hydrogen-bond acceptors (Lipinski definition) is 2. The van der Waals surface area contributed by atoms with Crippen LogP contribution in [0.2, 0.25) is 0 Å². The Morgan fingerprint density at radius 3 is 2.71 bits per heavy atom. The van der Waals surface area contributed by atoms with Gasteiger partial charge in [-0.1, -0.05) is 12.1 Å². The summed E-state index contributed by atoms with van der Waals surface area (Å²) in [5.74, 6) is -0.393. The van der Waals surface area contributed by atoms with Crippen LogP contribution in [0.15, 0.2) is 48.5 Å². The number of aromatic nitrogens is 1. The maximum Gasteiger partial charge on any atom is 0.248 e. The maximum atomic E-state index is 11.4. The van der Waals surface area contributed by atoms with Gasteiger partial charge >= 0.3 is 0 Å². The minimum absolute atomic E-state index is 0.393. The number of aryl methyl sites for hydroxylation is 1. The average Bonchev–Trinajstić information content (AvgIpc) is 2.85. The first-order valence-electron chi connectivity index (χ1n) is 6.69. The number of benzene rings is 2. The highest BCUT2D eigenvalue weighted by Gasteiger charge is 2.18. The van der Waals surface area contributed by atoms with Gasteiger partial charge in [-0.3, -0.25) is 4.79 Å². The number of nitrogens with two attached hydrogens (primary N) is 1. The first kappa shape index (κ1) is 12.3. The monoisotopic (exact) mass is 293 g/mol. The van der Waals surface area contributed by atoms with Crippen molar-refractivity contribution in [3.8, 4) is 0 Å². The van der Waals surface area contributed by atoms with Crippen molar-refractivity contribution in [1.29, 1.82) is 0 Å². The summed E-state index contributed by atoms with van der Waals surface area (Å²) >= 11 is 1.77. The fourth-order valence-electron chi connectivity index (χ4n) is 2.89. The number of fused-ring (bicyclic) bond motifs is 4. The summed E-state index contributed by atoms with van der Waals surface area (Å²) in [5, 5.41) is 2.30. The van der Waals surface area contributed by atoms with E-state index in [1.165, 1.54) is 20.3 Å². The third-order valence-electron chi connectivity index (χ3n) is 3.89. The zero-order valence-electron chi connectivity index (χ0n) is 11.5. The number of nitrogens with zero attached hydrogens (tertiary/aromatic N) is 1. The lowest BCUT2D eigenvalue weighted by atomic mass is 10.1. The number of thiophene rings is 1. The van der Waals surface area contributed by atoms with Crippen molar-refractivity contribution in [3.63, 3.8) is 0 Å². The van der Waals surface area contributed by atoms with Crippen molar-refractivity contribution < 1.29 is 9.36 Å². The van der Waals surface area contributed by atoms with Crippen LogP contribution in [0.4, 0.5) is 0 Å². The van der Waals surface area contributed by atoms with Gasteiger partial charge in [0.15, 0.2) is 0 Å². The van der Waals surface area contributed by atoms with Crippen molar-refractivity contribution in [2.75, 3.05) is 0 Å². The predicted octanol–water partition coefficient (Wildman–Crippen LogP) is 3.13. The third kappa shape index (κ3) is 1.73. The molecule has 0 aliphatic rings. The van der Waals surface area contributed by atoms with Crippen LogP contribution in [0.1, 0.15) is 10.4 Å². The lowest BCUT2D eigenvalue weighted by molar-refractivity contribution is -0.616. The summed E-state index contributed by atoms with van der Waals surface area (Å²) < 4.78 is 4.68. The van der Waals surface area contributed by atoms with Gasteiger partial charge in [0, 0.05) is 21.7 Å².